The molecule has 0 aliphatic carbocycles. The second kappa shape index (κ2) is 19.7. The van der Waals surface area contributed by atoms with Crippen LogP contribution in [0.1, 0.15) is 131 Å². The molecule has 0 aliphatic rings. The summed E-state index contributed by atoms with van der Waals surface area (Å²) >= 11 is 0. The van der Waals surface area contributed by atoms with Gasteiger partial charge in [0.05, 0.1) is 0 Å². The SMILES string of the molecule is CCCCCCCN(CCCCCCC(C)C)CCCCCCC(C)C. The summed E-state index contributed by atoms with van der Waals surface area (Å²) in [6.45, 7) is 15.8. The molecule has 0 atom stereocenters. The number of nitrogens with zero attached hydrogens (tertiary/aromatic N) is 1. The van der Waals surface area contributed by atoms with Crippen molar-refractivity contribution in [2.75, 3.05) is 19.6 Å². The van der Waals surface area contributed by atoms with Crippen LogP contribution in [-0.2, 0) is 0 Å². The highest BCUT2D eigenvalue weighted by Crippen LogP contribution is 2.13. The van der Waals surface area contributed by atoms with Crippen molar-refractivity contribution in [2.24, 2.45) is 11.8 Å². The summed E-state index contributed by atoms with van der Waals surface area (Å²) in [5.41, 5.74) is 0. The summed E-state index contributed by atoms with van der Waals surface area (Å²) in [6, 6.07) is 0. The van der Waals surface area contributed by atoms with Crippen LogP contribution in [0.25, 0.3) is 0 Å². The fourth-order valence-electron chi connectivity index (χ4n) is 3.76. The Bertz CT molecular complexity index is 239. The van der Waals surface area contributed by atoms with E-state index in [2.05, 4.69) is 39.5 Å². The van der Waals surface area contributed by atoms with E-state index in [1.807, 2.05) is 0 Å². The van der Waals surface area contributed by atoms with E-state index in [0.29, 0.717) is 0 Å². The van der Waals surface area contributed by atoms with Crippen LogP contribution in [-0.4, -0.2) is 24.5 Å². The van der Waals surface area contributed by atoms with Gasteiger partial charge in [-0.1, -0.05) is 112 Å². The van der Waals surface area contributed by atoms with E-state index < -0.39 is 0 Å². The molecule has 0 fully saturated rings. The average molecular weight is 368 g/mol. The molecule has 0 amide bonds. The van der Waals surface area contributed by atoms with Gasteiger partial charge in [-0.15, -0.1) is 0 Å². The molecule has 1 nitrogen and oxygen atoms in total. The Morgan fingerprint density at radius 2 is 0.808 bits per heavy atom. The van der Waals surface area contributed by atoms with Crippen molar-refractivity contribution in [1.82, 2.24) is 4.90 Å². The number of unbranched alkanes of at least 4 members (excludes halogenated alkanes) is 10. The molecule has 0 N–H and O–H groups in total. The van der Waals surface area contributed by atoms with Gasteiger partial charge in [0, 0.05) is 0 Å². The van der Waals surface area contributed by atoms with Gasteiger partial charge in [0.15, 0.2) is 0 Å². The fourth-order valence-corrected chi connectivity index (χ4v) is 3.76. The minimum atomic E-state index is 0.880. The van der Waals surface area contributed by atoms with Crippen LogP contribution in [0.3, 0.4) is 0 Å². The zero-order valence-electron chi connectivity index (χ0n) is 19.3. The van der Waals surface area contributed by atoms with Gasteiger partial charge in [-0.25, -0.2) is 0 Å². The van der Waals surface area contributed by atoms with Crippen molar-refractivity contribution in [3.05, 3.63) is 0 Å². The molecule has 0 aromatic rings. The maximum Gasteiger partial charge on any atom is -0.00187 e. The molecule has 0 radical (unpaired) electrons. The molecule has 158 valence electrons. The second-order valence-corrected chi connectivity index (χ2v) is 9.45. The Labute approximate surface area is 167 Å². The third-order valence-corrected chi connectivity index (χ3v) is 5.59. The quantitative estimate of drug-likeness (QED) is 0.195. The summed E-state index contributed by atoms with van der Waals surface area (Å²) < 4.78 is 0. The lowest BCUT2D eigenvalue weighted by atomic mass is 10.0. The third kappa shape index (κ3) is 20.3. The van der Waals surface area contributed by atoms with E-state index >= 15 is 0 Å². The first-order chi connectivity index (χ1) is 12.6. The lowest BCUT2D eigenvalue weighted by molar-refractivity contribution is 0.253. The first-order valence-corrected chi connectivity index (χ1v) is 12.3. The van der Waals surface area contributed by atoms with Crippen molar-refractivity contribution in [1.29, 1.82) is 0 Å². The van der Waals surface area contributed by atoms with Gasteiger partial charge in [-0.2, -0.15) is 0 Å². The monoisotopic (exact) mass is 367 g/mol. The van der Waals surface area contributed by atoms with Gasteiger partial charge in [-0.05, 0) is 50.7 Å². The molecule has 0 rings (SSSR count). The fraction of sp³-hybridized carbons (Fsp3) is 1.00. The predicted octanol–water partition coefficient (Wildman–Crippen LogP) is 8.47. The van der Waals surface area contributed by atoms with E-state index in [-0.39, 0.29) is 0 Å². The number of hydrogen-bond donors (Lipinski definition) is 0. The zero-order chi connectivity index (χ0) is 19.5. The van der Waals surface area contributed by atoms with Crippen LogP contribution in [0, 0.1) is 11.8 Å². The van der Waals surface area contributed by atoms with Crippen LogP contribution in [0.5, 0.6) is 0 Å². The summed E-state index contributed by atoms with van der Waals surface area (Å²) in [6.07, 6.45) is 21.4. The Kier molecular flexibility index (Phi) is 19.7. The van der Waals surface area contributed by atoms with Crippen molar-refractivity contribution < 1.29 is 0 Å². The Morgan fingerprint density at radius 1 is 0.462 bits per heavy atom. The molecule has 0 saturated carbocycles. The zero-order valence-corrected chi connectivity index (χ0v) is 19.3. The number of hydrogen-bond acceptors (Lipinski definition) is 1. The van der Waals surface area contributed by atoms with Crippen LogP contribution in [0.4, 0.5) is 0 Å². The number of rotatable bonds is 20. The van der Waals surface area contributed by atoms with Crippen molar-refractivity contribution >= 4 is 0 Å². The molecule has 0 bridgehead atoms. The first kappa shape index (κ1) is 26.0. The van der Waals surface area contributed by atoms with Crippen molar-refractivity contribution in [3.63, 3.8) is 0 Å². The van der Waals surface area contributed by atoms with Crippen LogP contribution >= 0.6 is 0 Å². The van der Waals surface area contributed by atoms with E-state index in [1.165, 1.54) is 116 Å². The minimum Gasteiger partial charge on any atom is -0.303 e. The Morgan fingerprint density at radius 3 is 1.15 bits per heavy atom. The smallest absolute Gasteiger partial charge is 0.00187 e. The lowest BCUT2D eigenvalue weighted by Crippen LogP contribution is -2.27. The van der Waals surface area contributed by atoms with E-state index in [4.69, 9.17) is 0 Å². The molecular weight excluding hydrogens is 314 g/mol. The lowest BCUT2D eigenvalue weighted by Gasteiger charge is -2.22. The predicted molar refractivity (Wildman–Crippen MR) is 121 cm³/mol. The molecular formula is C25H53N. The summed E-state index contributed by atoms with van der Waals surface area (Å²) in [4.78, 5) is 2.79. The van der Waals surface area contributed by atoms with Gasteiger partial charge in [0.2, 0.25) is 0 Å². The highest BCUT2D eigenvalue weighted by molar-refractivity contribution is 4.60. The molecule has 0 aliphatic heterocycles. The molecule has 0 spiro atoms. The van der Waals surface area contributed by atoms with Gasteiger partial charge in [0.1, 0.15) is 0 Å². The Balaban J connectivity index is 3.82. The van der Waals surface area contributed by atoms with Gasteiger partial charge < -0.3 is 4.90 Å². The molecule has 0 aromatic heterocycles. The van der Waals surface area contributed by atoms with E-state index in [9.17, 15) is 0 Å². The molecule has 0 aromatic carbocycles. The van der Waals surface area contributed by atoms with Crippen molar-refractivity contribution in [3.8, 4) is 0 Å². The molecule has 0 saturated heterocycles. The normalized spacial score (nSPS) is 12.0. The van der Waals surface area contributed by atoms with Crippen molar-refractivity contribution in [2.45, 2.75) is 131 Å². The summed E-state index contributed by atoms with van der Waals surface area (Å²) in [5.74, 6) is 1.76. The van der Waals surface area contributed by atoms with Gasteiger partial charge in [0.25, 0.3) is 0 Å². The first-order valence-electron chi connectivity index (χ1n) is 12.3. The summed E-state index contributed by atoms with van der Waals surface area (Å²) in [7, 11) is 0. The highest BCUT2D eigenvalue weighted by Gasteiger charge is 2.05. The van der Waals surface area contributed by atoms with Gasteiger partial charge >= 0.3 is 0 Å². The second-order valence-electron chi connectivity index (χ2n) is 9.45. The van der Waals surface area contributed by atoms with Gasteiger partial charge in [-0.3, -0.25) is 0 Å². The molecule has 0 heterocycles. The molecule has 1 heteroatoms. The Hall–Kier alpha value is -0.0400. The summed E-state index contributed by atoms with van der Waals surface area (Å²) in [5, 5.41) is 0. The van der Waals surface area contributed by atoms with E-state index in [0.717, 1.165) is 11.8 Å². The maximum absolute atomic E-state index is 2.79. The van der Waals surface area contributed by atoms with Crippen LogP contribution < -0.4 is 0 Å². The highest BCUT2D eigenvalue weighted by atomic mass is 15.1. The molecule has 26 heavy (non-hydrogen) atoms. The standard InChI is InChI=1S/C25H53N/c1-6-7-8-11-16-21-26(22-17-12-9-14-19-24(2)3)23-18-13-10-15-20-25(4)5/h24-25H,6-23H2,1-5H3. The van der Waals surface area contributed by atoms with Crippen LogP contribution in [0.15, 0.2) is 0 Å². The molecule has 0 unspecified atom stereocenters. The van der Waals surface area contributed by atoms with E-state index in [1.54, 1.807) is 0 Å². The largest absolute Gasteiger partial charge is 0.303 e. The average Bonchev–Trinajstić information content (AvgIpc) is 2.59. The topological polar surface area (TPSA) is 3.24 Å². The minimum absolute atomic E-state index is 0.880. The maximum atomic E-state index is 2.79. The van der Waals surface area contributed by atoms with Crippen LogP contribution in [0.2, 0.25) is 0 Å². The third-order valence-electron chi connectivity index (χ3n) is 5.59.